The topological polar surface area (TPSA) is 45.7 Å². The molecule has 4 rings (SSSR count). The van der Waals surface area contributed by atoms with Gasteiger partial charge in [-0.25, -0.2) is 4.99 Å². The number of hydrogen-bond donors (Lipinski definition) is 1. The second kappa shape index (κ2) is 7.02. The zero-order valence-electron chi connectivity index (χ0n) is 18.6. The van der Waals surface area contributed by atoms with Crippen LogP contribution in [0.15, 0.2) is 70.1 Å². The van der Waals surface area contributed by atoms with Gasteiger partial charge in [0.05, 0.1) is 5.36 Å². The number of benzene rings is 3. The van der Waals surface area contributed by atoms with Crippen LogP contribution in [0.25, 0.3) is 21.9 Å². The molecule has 3 aromatic carbocycles. The van der Waals surface area contributed by atoms with Crippen molar-refractivity contribution in [1.82, 2.24) is 0 Å². The van der Waals surface area contributed by atoms with Crippen LogP contribution in [0, 0.1) is 0 Å². The van der Waals surface area contributed by atoms with Crippen LogP contribution >= 0.6 is 0 Å². The molecule has 0 spiro atoms. The van der Waals surface area contributed by atoms with E-state index >= 15 is 0 Å². The summed E-state index contributed by atoms with van der Waals surface area (Å²) in [4.78, 5) is 5.04. The summed E-state index contributed by atoms with van der Waals surface area (Å²) in [6.07, 6.45) is 0. The molecule has 0 atom stereocenters. The van der Waals surface area contributed by atoms with Crippen LogP contribution in [0.4, 0.5) is 5.69 Å². The third-order valence-electron chi connectivity index (χ3n) is 5.50. The number of nitrogens with zero attached hydrogens (tertiary/aromatic N) is 1. The highest BCUT2D eigenvalue weighted by Crippen LogP contribution is 2.41. The molecule has 3 nitrogen and oxygen atoms in total. The molecule has 0 saturated carbocycles. The Kier molecular flexibility index (Phi) is 4.73. The number of rotatable bonds is 1. The minimum absolute atomic E-state index is 0.0614. The molecule has 30 heavy (non-hydrogen) atoms. The number of phenolic OH excluding ortho intramolecular Hbond substituents is 1. The second-order valence-electron chi connectivity index (χ2n) is 9.95. The highest BCUT2D eigenvalue weighted by Gasteiger charge is 2.25. The standard InChI is InChI=1S/C27H29NO2/c1-26(2,3)17-15-20(27(4,5)6)25(29)21(16-17)28-24-18-11-7-9-13-22(18)30-23-14-10-8-12-19(23)24/h7-16,29H,1-6H3. The van der Waals surface area contributed by atoms with E-state index in [0.29, 0.717) is 5.69 Å². The zero-order chi connectivity index (χ0) is 21.7. The SMILES string of the molecule is CC(C)(C)c1cc(N=c2c3ccccc3oc3ccccc23)c(O)c(C(C)(C)C)c1. The predicted molar refractivity (Wildman–Crippen MR) is 124 cm³/mol. The molecule has 0 aliphatic rings. The van der Waals surface area contributed by atoms with Crippen LogP contribution < -0.4 is 5.36 Å². The van der Waals surface area contributed by atoms with Crippen LogP contribution in [0.2, 0.25) is 0 Å². The van der Waals surface area contributed by atoms with Gasteiger partial charge in [-0.3, -0.25) is 0 Å². The fourth-order valence-electron chi connectivity index (χ4n) is 3.72. The first-order valence-corrected chi connectivity index (χ1v) is 10.4. The summed E-state index contributed by atoms with van der Waals surface area (Å²) in [7, 11) is 0. The lowest BCUT2D eigenvalue weighted by molar-refractivity contribution is 0.446. The summed E-state index contributed by atoms with van der Waals surface area (Å²) >= 11 is 0. The summed E-state index contributed by atoms with van der Waals surface area (Å²) in [5.41, 5.74) is 3.93. The number of aromatic hydroxyl groups is 1. The summed E-state index contributed by atoms with van der Waals surface area (Å²) < 4.78 is 6.09. The summed E-state index contributed by atoms with van der Waals surface area (Å²) in [6, 6.07) is 19.9. The Morgan fingerprint density at radius 1 is 0.733 bits per heavy atom. The van der Waals surface area contributed by atoms with E-state index in [1.54, 1.807) is 0 Å². The molecule has 1 aromatic heterocycles. The smallest absolute Gasteiger partial charge is 0.144 e. The lowest BCUT2D eigenvalue weighted by Crippen LogP contribution is -2.16. The van der Waals surface area contributed by atoms with Gasteiger partial charge in [-0.05, 0) is 46.7 Å². The number of hydrogen-bond acceptors (Lipinski definition) is 3. The Balaban J connectivity index is 2.15. The second-order valence-corrected chi connectivity index (χ2v) is 9.95. The normalized spacial score (nSPS) is 12.5. The molecule has 0 radical (unpaired) electrons. The Morgan fingerprint density at radius 2 is 1.27 bits per heavy atom. The first-order valence-electron chi connectivity index (χ1n) is 10.4. The van der Waals surface area contributed by atoms with E-state index in [1.807, 2.05) is 54.6 Å². The number of phenols is 1. The molecule has 1 heterocycles. The molecule has 3 heteroatoms. The molecule has 154 valence electrons. The van der Waals surface area contributed by atoms with Crippen LogP contribution in [-0.2, 0) is 10.8 Å². The Labute approximate surface area is 177 Å². The van der Waals surface area contributed by atoms with Crippen molar-refractivity contribution in [2.24, 2.45) is 4.99 Å². The van der Waals surface area contributed by atoms with Gasteiger partial charge < -0.3 is 9.52 Å². The van der Waals surface area contributed by atoms with E-state index in [9.17, 15) is 5.11 Å². The van der Waals surface area contributed by atoms with Crippen molar-refractivity contribution in [3.05, 3.63) is 77.1 Å². The van der Waals surface area contributed by atoms with Crippen molar-refractivity contribution < 1.29 is 9.52 Å². The maximum atomic E-state index is 11.2. The quantitative estimate of drug-likeness (QED) is 0.346. The number of para-hydroxylation sites is 2. The average Bonchev–Trinajstić information content (AvgIpc) is 2.67. The molecule has 0 saturated heterocycles. The van der Waals surface area contributed by atoms with Crippen LogP contribution in [-0.4, -0.2) is 5.11 Å². The van der Waals surface area contributed by atoms with E-state index in [-0.39, 0.29) is 16.6 Å². The van der Waals surface area contributed by atoms with Crippen molar-refractivity contribution in [2.75, 3.05) is 0 Å². The maximum absolute atomic E-state index is 11.2. The Bertz CT molecular complexity index is 1260. The molecule has 0 amide bonds. The zero-order valence-corrected chi connectivity index (χ0v) is 18.6. The molecule has 0 fully saturated rings. The molecule has 1 N–H and O–H groups in total. The van der Waals surface area contributed by atoms with Crippen molar-refractivity contribution in [3.8, 4) is 5.75 Å². The summed E-state index contributed by atoms with van der Waals surface area (Å²) in [5, 5.41) is 13.9. The predicted octanol–water partition coefficient (Wildman–Crippen LogP) is 7.12. The van der Waals surface area contributed by atoms with E-state index in [1.165, 1.54) is 0 Å². The molecular formula is C27H29NO2. The van der Waals surface area contributed by atoms with Gasteiger partial charge in [-0.2, -0.15) is 0 Å². The van der Waals surface area contributed by atoms with Crippen molar-refractivity contribution in [2.45, 2.75) is 52.4 Å². The van der Waals surface area contributed by atoms with Crippen LogP contribution in [0.3, 0.4) is 0 Å². The van der Waals surface area contributed by atoms with Crippen LogP contribution in [0.5, 0.6) is 5.75 Å². The highest BCUT2D eigenvalue weighted by atomic mass is 16.3. The van der Waals surface area contributed by atoms with Gasteiger partial charge in [0.2, 0.25) is 0 Å². The Morgan fingerprint density at radius 3 is 1.77 bits per heavy atom. The van der Waals surface area contributed by atoms with Gasteiger partial charge in [0.1, 0.15) is 22.6 Å². The first kappa shape index (κ1) is 20.2. The highest BCUT2D eigenvalue weighted by molar-refractivity contribution is 5.89. The summed E-state index contributed by atoms with van der Waals surface area (Å²) in [6.45, 7) is 12.9. The minimum atomic E-state index is -0.203. The lowest BCUT2D eigenvalue weighted by atomic mass is 9.80. The van der Waals surface area contributed by atoms with Crippen molar-refractivity contribution in [1.29, 1.82) is 0 Å². The average molecular weight is 400 g/mol. The van der Waals surface area contributed by atoms with Gasteiger partial charge in [-0.15, -0.1) is 0 Å². The molecular weight excluding hydrogens is 370 g/mol. The largest absolute Gasteiger partial charge is 0.505 e. The van der Waals surface area contributed by atoms with Crippen molar-refractivity contribution >= 4 is 27.6 Å². The van der Waals surface area contributed by atoms with Gasteiger partial charge in [-0.1, -0.05) is 71.9 Å². The van der Waals surface area contributed by atoms with Gasteiger partial charge in [0.15, 0.2) is 0 Å². The van der Waals surface area contributed by atoms with E-state index < -0.39 is 0 Å². The fraction of sp³-hybridized carbons (Fsp3) is 0.296. The maximum Gasteiger partial charge on any atom is 0.144 e. The third kappa shape index (κ3) is 3.60. The molecule has 0 unspecified atom stereocenters. The molecule has 0 bridgehead atoms. The third-order valence-corrected chi connectivity index (χ3v) is 5.50. The van der Waals surface area contributed by atoms with Gasteiger partial charge in [0, 0.05) is 16.3 Å². The fourth-order valence-corrected chi connectivity index (χ4v) is 3.72. The monoisotopic (exact) mass is 399 g/mol. The Hall–Kier alpha value is -3.07. The number of fused-ring (bicyclic) bond motifs is 2. The van der Waals surface area contributed by atoms with Crippen LogP contribution in [0.1, 0.15) is 52.7 Å². The van der Waals surface area contributed by atoms with E-state index in [2.05, 4.69) is 47.6 Å². The van der Waals surface area contributed by atoms with Crippen molar-refractivity contribution in [3.63, 3.8) is 0 Å². The molecule has 4 aromatic rings. The first-order chi connectivity index (χ1) is 14.1. The molecule has 0 aliphatic carbocycles. The van der Waals surface area contributed by atoms with Gasteiger partial charge in [0.25, 0.3) is 0 Å². The minimum Gasteiger partial charge on any atom is -0.505 e. The van der Waals surface area contributed by atoms with Gasteiger partial charge >= 0.3 is 0 Å². The lowest BCUT2D eigenvalue weighted by Gasteiger charge is -2.26. The van der Waals surface area contributed by atoms with E-state index in [0.717, 1.165) is 38.4 Å². The molecule has 0 aliphatic heterocycles. The van der Waals surface area contributed by atoms with E-state index in [4.69, 9.17) is 9.41 Å². The summed E-state index contributed by atoms with van der Waals surface area (Å²) in [5.74, 6) is 0.240.